The summed E-state index contributed by atoms with van der Waals surface area (Å²) < 4.78 is 32.7. The van der Waals surface area contributed by atoms with Gasteiger partial charge in [0.05, 0.1) is 13.5 Å². The molecule has 2 atom stereocenters. The van der Waals surface area contributed by atoms with Crippen LogP contribution in [0.4, 0.5) is 5.69 Å². The van der Waals surface area contributed by atoms with E-state index in [1.165, 1.54) is 31.4 Å². The molecule has 0 aliphatic heterocycles. The number of sulfonamides is 1. The largest absolute Gasteiger partial charge is 0.496 e. The number of rotatable bonds is 14. The fourth-order valence-corrected chi connectivity index (χ4v) is 6.75. The van der Waals surface area contributed by atoms with Crippen molar-refractivity contribution in [3.8, 4) is 5.75 Å². The summed E-state index contributed by atoms with van der Waals surface area (Å²) in [6.45, 7) is 3.70. The van der Waals surface area contributed by atoms with Gasteiger partial charge in [-0.25, -0.2) is 9.59 Å². The monoisotopic (exact) mass is 520 g/mol. The molecule has 36 heavy (non-hydrogen) atoms. The molecule has 0 fully saturated rings. The van der Waals surface area contributed by atoms with E-state index in [2.05, 4.69) is 0 Å². The predicted octanol–water partition coefficient (Wildman–Crippen LogP) is 3.18. The van der Waals surface area contributed by atoms with Gasteiger partial charge >= 0.3 is 21.9 Å². The number of aliphatic carboxylic acids is 1. The first-order valence-corrected chi connectivity index (χ1v) is 13.5. The lowest BCUT2D eigenvalue weighted by Gasteiger charge is -2.40. The lowest BCUT2D eigenvalue weighted by molar-refractivity contribution is -0.753. The number of anilines is 1. The molecule has 10 heteroatoms. The number of ether oxygens (including phenoxy) is 1. The number of carbonyl (C=O) groups excluding carboxylic acids is 1. The first-order valence-electron chi connectivity index (χ1n) is 12.1. The van der Waals surface area contributed by atoms with Crippen LogP contribution in [-0.2, 0) is 26.0 Å². The molecule has 0 spiro atoms. The van der Waals surface area contributed by atoms with Crippen LogP contribution in [0.15, 0.2) is 53.4 Å². The molecule has 198 valence electrons. The van der Waals surface area contributed by atoms with Crippen LogP contribution in [0.1, 0.15) is 45.1 Å². The quantitative estimate of drug-likeness (QED) is 0.195. The van der Waals surface area contributed by atoms with Crippen molar-refractivity contribution in [1.82, 2.24) is 0 Å². The van der Waals surface area contributed by atoms with Crippen molar-refractivity contribution in [3.63, 3.8) is 0 Å². The van der Waals surface area contributed by atoms with E-state index in [-0.39, 0.29) is 36.6 Å². The number of carboxylic acids is 1. The first kappa shape index (κ1) is 29.3. The van der Waals surface area contributed by atoms with Crippen LogP contribution in [0.5, 0.6) is 5.75 Å². The number of amides is 1. The van der Waals surface area contributed by atoms with E-state index < -0.39 is 31.8 Å². The average Bonchev–Trinajstić information content (AvgIpc) is 2.84. The van der Waals surface area contributed by atoms with Gasteiger partial charge in [0.1, 0.15) is 17.2 Å². The Morgan fingerprint density at radius 2 is 1.69 bits per heavy atom. The number of nitrogen functional groups attached to an aromatic ring is 1. The second-order valence-corrected chi connectivity index (χ2v) is 11.3. The zero-order chi connectivity index (χ0) is 26.9. The molecule has 2 aromatic rings. The number of quaternary nitrogens is 1. The molecule has 2 rings (SSSR count). The maximum Gasteiger partial charge on any atom is 0.364 e. The summed E-state index contributed by atoms with van der Waals surface area (Å²) in [4.78, 5) is 26.6. The number of carbonyl (C=O) groups is 2. The minimum absolute atomic E-state index is 0.00610. The molecule has 0 aromatic heterocycles. The second-order valence-electron chi connectivity index (χ2n) is 9.26. The maximum absolute atomic E-state index is 14.3. The van der Waals surface area contributed by atoms with E-state index >= 15 is 0 Å². The number of para-hydroxylation sites is 1. The van der Waals surface area contributed by atoms with E-state index in [0.717, 1.165) is 5.56 Å². The van der Waals surface area contributed by atoms with Gasteiger partial charge in [-0.05, 0) is 61.7 Å². The van der Waals surface area contributed by atoms with Gasteiger partial charge in [0.2, 0.25) is 6.04 Å². The fourth-order valence-electron chi connectivity index (χ4n) is 4.51. The summed E-state index contributed by atoms with van der Waals surface area (Å²) >= 11 is 0. The summed E-state index contributed by atoms with van der Waals surface area (Å²) in [5.41, 5.74) is 12.5. The van der Waals surface area contributed by atoms with E-state index in [0.29, 0.717) is 30.8 Å². The lowest BCUT2D eigenvalue weighted by atomic mass is 10.0. The molecule has 1 unspecified atom stereocenters. The summed E-state index contributed by atoms with van der Waals surface area (Å²) in [5, 5.41) is 10.3. The standard InChI is InChI=1S/C26H37N3O6S/c1-19(2)18-29(23(26(31)32)9-6-7-17-27,36(33,34)22-14-12-21(28)13-15-22)25(30)16-11-20-8-4-5-10-24(20)35-3/h4-5,8,10,12-15,19,23H,6-7,9,11,16-18,27-28H2,1-3H3/p+1/t23-,29?/m0/s1. The van der Waals surface area contributed by atoms with Gasteiger partial charge in [0.15, 0.2) is 0 Å². The number of hydrogen-bond acceptors (Lipinski definition) is 7. The van der Waals surface area contributed by atoms with Gasteiger partial charge < -0.3 is 21.3 Å². The van der Waals surface area contributed by atoms with E-state index in [1.54, 1.807) is 38.1 Å². The summed E-state index contributed by atoms with van der Waals surface area (Å²) in [5.74, 6) is -1.73. The molecule has 0 saturated heterocycles. The average molecular weight is 521 g/mol. The van der Waals surface area contributed by atoms with Crippen molar-refractivity contribution in [2.45, 2.75) is 56.9 Å². The number of carboxylic acid groups (broad SMARTS) is 1. The van der Waals surface area contributed by atoms with Crippen molar-refractivity contribution in [2.24, 2.45) is 11.7 Å². The van der Waals surface area contributed by atoms with Crippen molar-refractivity contribution in [1.29, 1.82) is 0 Å². The third kappa shape index (κ3) is 6.43. The normalized spacial score (nSPS) is 14.2. The van der Waals surface area contributed by atoms with E-state index in [1.807, 2.05) is 0 Å². The highest BCUT2D eigenvalue weighted by molar-refractivity contribution is 7.86. The van der Waals surface area contributed by atoms with Gasteiger partial charge in [0, 0.05) is 18.0 Å². The first-order chi connectivity index (χ1) is 17.0. The Kier molecular flexibility index (Phi) is 10.4. The van der Waals surface area contributed by atoms with Crippen LogP contribution in [0.25, 0.3) is 0 Å². The zero-order valence-corrected chi connectivity index (χ0v) is 22.0. The minimum Gasteiger partial charge on any atom is -0.496 e. The number of unbranched alkanes of at least 4 members (excludes halogenated alkanes) is 1. The number of nitrogens with two attached hydrogens (primary N) is 2. The highest BCUT2D eigenvalue weighted by Gasteiger charge is 2.58. The van der Waals surface area contributed by atoms with E-state index in [4.69, 9.17) is 16.2 Å². The topological polar surface area (TPSA) is 150 Å². The molecule has 2 aromatic carbocycles. The minimum atomic E-state index is -4.49. The van der Waals surface area contributed by atoms with Gasteiger partial charge in [-0.1, -0.05) is 32.0 Å². The number of aryl methyl sites for hydroxylation is 1. The summed E-state index contributed by atoms with van der Waals surface area (Å²) in [7, 11) is -2.97. The summed E-state index contributed by atoms with van der Waals surface area (Å²) in [6.07, 6.45) is 0.911. The SMILES string of the molecule is COc1ccccc1CCC(=O)[N+](CC(C)C)([C@@H](CCCCN)C(=O)O)S(=O)(=O)c1ccc(N)cc1. The molecule has 0 aliphatic rings. The molecular weight excluding hydrogens is 482 g/mol. The van der Waals surface area contributed by atoms with Crippen molar-refractivity contribution in [3.05, 3.63) is 54.1 Å². The van der Waals surface area contributed by atoms with Crippen molar-refractivity contribution < 1.29 is 31.7 Å². The lowest BCUT2D eigenvalue weighted by Crippen LogP contribution is -2.66. The number of hydrogen-bond donors (Lipinski definition) is 3. The molecule has 5 N–H and O–H groups in total. The molecule has 9 nitrogen and oxygen atoms in total. The Labute approximate surface area is 213 Å². The van der Waals surface area contributed by atoms with Crippen LogP contribution in [0, 0.1) is 5.92 Å². The molecule has 1 amide bonds. The second kappa shape index (κ2) is 12.8. The summed E-state index contributed by atoms with van der Waals surface area (Å²) in [6, 6.07) is 11.2. The zero-order valence-electron chi connectivity index (χ0n) is 21.2. The van der Waals surface area contributed by atoms with Gasteiger partial charge in [-0.15, -0.1) is 3.89 Å². The number of benzene rings is 2. The van der Waals surface area contributed by atoms with Crippen LogP contribution < -0.4 is 16.2 Å². The van der Waals surface area contributed by atoms with Crippen LogP contribution in [0.3, 0.4) is 0 Å². The highest BCUT2D eigenvalue weighted by atomic mass is 32.2. The Hall–Kier alpha value is -2.95. The van der Waals surface area contributed by atoms with Crippen LogP contribution >= 0.6 is 0 Å². The molecule has 0 bridgehead atoms. The predicted molar refractivity (Wildman–Crippen MR) is 139 cm³/mol. The molecule has 0 heterocycles. The van der Waals surface area contributed by atoms with Gasteiger partial charge in [0.25, 0.3) is 0 Å². The third-order valence-corrected chi connectivity index (χ3v) is 8.52. The van der Waals surface area contributed by atoms with Gasteiger partial charge in [-0.3, -0.25) is 0 Å². The molecule has 0 radical (unpaired) electrons. The Balaban J connectivity index is 2.69. The van der Waals surface area contributed by atoms with Gasteiger partial charge in [-0.2, -0.15) is 8.42 Å². The number of methoxy groups -OCH3 is 1. The maximum atomic E-state index is 14.3. The third-order valence-electron chi connectivity index (χ3n) is 6.19. The highest BCUT2D eigenvalue weighted by Crippen LogP contribution is 2.35. The van der Waals surface area contributed by atoms with Crippen molar-refractivity contribution >= 4 is 27.6 Å². The Bertz CT molecular complexity index is 1130. The van der Waals surface area contributed by atoms with Crippen LogP contribution in [0.2, 0.25) is 0 Å². The van der Waals surface area contributed by atoms with E-state index in [9.17, 15) is 23.1 Å². The Morgan fingerprint density at radius 3 is 2.25 bits per heavy atom. The fraction of sp³-hybridized carbons (Fsp3) is 0.462. The van der Waals surface area contributed by atoms with Crippen LogP contribution in [-0.4, -0.2) is 55.5 Å². The number of nitrogens with zero attached hydrogens (tertiary/aromatic N) is 1. The molecule has 0 saturated carbocycles. The molecule has 0 aliphatic carbocycles. The molecular formula is C26H38N3O6S+. The van der Waals surface area contributed by atoms with Crippen molar-refractivity contribution in [2.75, 3.05) is 25.9 Å². The smallest absolute Gasteiger partial charge is 0.364 e. The Morgan fingerprint density at radius 1 is 1.06 bits per heavy atom.